The van der Waals surface area contributed by atoms with Gasteiger partial charge in [0.25, 0.3) is 0 Å². The van der Waals surface area contributed by atoms with Crippen molar-refractivity contribution in [3.05, 3.63) is 35.9 Å². The highest BCUT2D eigenvalue weighted by Gasteiger charge is 1.91. The molecule has 17 heavy (non-hydrogen) atoms. The average Bonchev–Trinajstić information content (AvgIpc) is 2.38. The third-order valence-corrected chi connectivity index (χ3v) is 2.86. The zero-order chi connectivity index (χ0) is 12.2. The van der Waals surface area contributed by atoms with Crippen LogP contribution in [-0.2, 0) is 6.54 Å². The lowest BCUT2D eigenvalue weighted by Crippen LogP contribution is -2.27. The molecule has 0 radical (unpaired) electrons. The van der Waals surface area contributed by atoms with Crippen LogP contribution in [0.15, 0.2) is 30.3 Å². The van der Waals surface area contributed by atoms with Crippen molar-refractivity contribution in [2.75, 3.05) is 19.6 Å². The minimum Gasteiger partial charge on any atom is -0.315 e. The molecule has 0 spiro atoms. The standard InChI is InChI=1S/C15H26N2/c1-2-3-4-8-11-16-12-13-17-14-15-9-6-5-7-10-15/h5-7,9-10,16-17H,2-4,8,11-14H2,1H3. The van der Waals surface area contributed by atoms with E-state index in [4.69, 9.17) is 0 Å². The molecule has 0 aliphatic heterocycles. The second-order valence-electron chi connectivity index (χ2n) is 4.47. The minimum atomic E-state index is 0.971. The molecule has 0 aromatic heterocycles. The fourth-order valence-corrected chi connectivity index (χ4v) is 1.81. The van der Waals surface area contributed by atoms with E-state index in [2.05, 4.69) is 47.9 Å². The van der Waals surface area contributed by atoms with Crippen LogP contribution in [0.1, 0.15) is 38.2 Å². The summed E-state index contributed by atoms with van der Waals surface area (Å²) in [5.74, 6) is 0. The van der Waals surface area contributed by atoms with Gasteiger partial charge in [0.1, 0.15) is 0 Å². The van der Waals surface area contributed by atoms with Crippen LogP contribution in [0, 0.1) is 0 Å². The number of rotatable bonds is 10. The van der Waals surface area contributed by atoms with Crippen LogP contribution >= 0.6 is 0 Å². The molecule has 2 nitrogen and oxygen atoms in total. The molecule has 1 rings (SSSR count). The van der Waals surface area contributed by atoms with Crippen molar-refractivity contribution < 1.29 is 0 Å². The van der Waals surface area contributed by atoms with E-state index in [0.717, 1.165) is 26.2 Å². The molecule has 1 aromatic carbocycles. The molecule has 0 heterocycles. The molecule has 0 fully saturated rings. The summed E-state index contributed by atoms with van der Waals surface area (Å²) in [7, 11) is 0. The summed E-state index contributed by atoms with van der Waals surface area (Å²) < 4.78 is 0. The Hall–Kier alpha value is -0.860. The Kier molecular flexibility index (Phi) is 8.61. The van der Waals surface area contributed by atoms with E-state index in [9.17, 15) is 0 Å². The lowest BCUT2D eigenvalue weighted by molar-refractivity contribution is 0.572. The van der Waals surface area contributed by atoms with Crippen molar-refractivity contribution in [1.82, 2.24) is 10.6 Å². The SMILES string of the molecule is CCCCCCNCCNCc1ccccc1. The Morgan fingerprint density at radius 3 is 2.35 bits per heavy atom. The van der Waals surface area contributed by atoms with Crippen LogP contribution in [0.2, 0.25) is 0 Å². The second-order valence-corrected chi connectivity index (χ2v) is 4.47. The molecule has 0 atom stereocenters. The quantitative estimate of drug-likeness (QED) is 0.608. The first-order valence-corrected chi connectivity index (χ1v) is 6.89. The van der Waals surface area contributed by atoms with Crippen LogP contribution in [-0.4, -0.2) is 19.6 Å². The second kappa shape index (κ2) is 10.3. The van der Waals surface area contributed by atoms with Gasteiger partial charge in [-0.3, -0.25) is 0 Å². The third-order valence-electron chi connectivity index (χ3n) is 2.86. The molecule has 0 aliphatic rings. The van der Waals surface area contributed by atoms with Crippen molar-refractivity contribution in [3.63, 3.8) is 0 Å². The minimum absolute atomic E-state index is 0.971. The fraction of sp³-hybridized carbons (Fsp3) is 0.600. The molecule has 0 bridgehead atoms. The average molecular weight is 234 g/mol. The van der Waals surface area contributed by atoms with Gasteiger partial charge in [0.15, 0.2) is 0 Å². The first-order valence-electron chi connectivity index (χ1n) is 6.89. The lowest BCUT2D eigenvalue weighted by atomic mass is 10.2. The van der Waals surface area contributed by atoms with Gasteiger partial charge in [-0.05, 0) is 18.5 Å². The van der Waals surface area contributed by atoms with Gasteiger partial charge in [0.2, 0.25) is 0 Å². The van der Waals surface area contributed by atoms with E-state index >= 15 is 0 Å². The molecule has 2 N–H and O–H groups in total. The molecule has 2 heteroatoms. The van der Waals surface area contributed by atoms with Crippen LogP contribution in [0.4, 0.5) is 0 Å². The van der Waals surface area contributed by atoms with Crippen molar-refractivity contribution in [1.29, 1.82) is 0 Å². The van der Waals surface area contributed by atoms with Gasteiger partial charge in [0.05, 0.1) is 0 Å². The van der Waals surface area contributed by atoms with Crippen LogP contribution < -0.4 is 10.6 Å². The van der Waals surface area contributed by atoms with Gasteiger partial charge in [-0.2, -0.15) is 0 Å². The van der Waals surface area contributed by atoms with Crippen LogP contribution in [0.25, 0.3) is 0 Å². The number of nitrogens with one attached hydrogen (secondary N) is 2. The molecule has 96 valence electrons. The lowest BCUT2D eigenvalue weighted by Gasteiger charge is -2.06. The third kappa shape index (κ3) is 7.94. The fourth-order valence-electron chi connectivity index (χ4n) is 1.81. The number of hydrogen-bond acceptors (Lipinski definition) is 2. The molecule has 0 aliphatic carbocycles. The highest BCUT2D eigenvalue weighted by Crippen LogP contribution is 1.97. The Morgan fingerprint density at radius 2 is 1.59 bits per heavy atom. The van der Waals surface area contributed by atoms with E-state index in [1.165, 1.54) is 31.2 Å². The van der Waals surface area contributed by atoms with Crippen molar-refractivity contribution >= 4 is 0 Å². The summed E-state index contributed by atoms with van der Waals surface area (Å²) >= 11 is 0. The largest absolute Gasteiger partial charge is 0.315 e. The number of benzene rings is 1. The first kappa shape index (κ1) is 14.2. The first-order chi connectivity index (χ1) is 8.43. The van der Waals surface area contributed by atoms with Gasteiger partial charge in [-0.1, -0.05) is 56.5 Å². The van der Waals surface area contributed by atoms with E-state index in [-0.39, 0.29) is 0 Å². The number of unbranched alkanes of at least 4 members (excludes halogenated alkanes) is 3. The highest BCUT2D eigenvalue weighted by molar-refractivity contribution is 5.14. The molecular weight excluding hydrogens is 208 g/mol. The van der Waals surface area contributed by atoms with Crippen molar-refractivity contribution in [2.45, 2.75) is 39.2 Å². The normalized spacial score (nSPS) is 10.6. The Labute approximate surface area is 106 Å². The highest BCUT2D eigenvalue weighted by atomic mass is 14.9. The smallest absolute Gasteiger partial charge is 0.0206 e. The molecular formula is C15H26N2. The molecule has 0 amide bonds. The zero-order valence-electron chi connectivity index (χ0n) is 11.0. The molecule has 1 aromatic rings. The Bertz CT molecular complexity index is 259. The Morgan fingerprint density at radius 1 is 0.824 bits per heavy atom. The topological polar surface area (TPSA) is 24.1 Å². The maximum Gasteiger partial charge on any atom is 0.0206 e. The maximum atomic E-state index is 3.47. The van der Waals surface area contributed by atoms with Crippen molar-refractivity contribution in [2.24, 2.45) is 0 Å². The van der Waals surface area contributed by atoms with Gasteiger partial charge in [-0.25, -0.2) is 0 Å². The van der Waals surface area contributed by atoms with E-state index in [0.29, 0.717) is 0 Å². The summed E-state index contributed by atoms with van der Waals surface area (Å²) in [5.41, 5.74) is 1.36. The summed E-state index contributed by atoms with van der Waals surface area (Å²) in [4.78, 5) is 0. The predicted molar refractivity (Wildman–Crippen MR) is 75.2 cm³/mol. The van der Waals surface area contributed by atoms with Crippen LogP contribution in [0.3, 0.4) is 0 Å². The predicted octanol–water partition coefficient (Wildman–Crippen LogP) is 2.95. The maximum absolute atomic E-state index is 3.47. The summed E-state index contributed by atoms with van der Waals surface area (Å²) in [6, 6.07) is 10.5. The molecule has 0 saturated carbocycles. The van der Waals surface area contributed by atoms with Gasteiger partial charge < -0.3 is 10.6 Å². The van der Waals surface area contributed by atoms with Crippen molar-refractivity contribution in [3.8, 4) is 0 Å². The van der Waals surface area contributed by atoms with Crippen LogP contribution in [0.5, 0.6) is 0 Å². The monoisotopic (exact) mass is 234 g/mol. The summed E-state index contributed by atoms with van der Waals surface area (Å²) in [6.45, 7) is 6.49. The Balaban J connectivity index is 1.85. The zero-order valence-corrected chi connectivity index (χ0v) is 11.0. The van der Waals surface area contributed by atoms with E-state index < -0.39 is 0 Å². The van der Waals surface area contributed by atoms with E-state index in [1.807, 2.05) is 0 Å². The summed E-state index contributed by atoms with van der Waals surface area (Å²) in [5, 5.41) is 6.91. The van der Waals surface area contributed by atoms with Gasteiger partial charge in [-0.15, -0.1) is 0 Å². The molecule has 0 unspecified atom stereocenters. The summed E-state index contributed by atoms with van der Waals surface area (Å²) in [6.07, 6.45) is 5.36. The van der Waals surface area contributed by atoms with Gasteiger partial charge in [0, 0.05) is 19.6 Å². The van der Waals surface area contributed by atoms with E-state index in [1.54, 1.807) is 0 Å². The number of hydrogen-bond donors (Lipinski definition) is 2. The van der Waals surface area contributed by atoms with Gasteiger partial charge >= 0.3 is 0 Å². The molecule has 0 saturated heterocycles.